The molecule has 8 heteroatoms. The third kappa shape index (κ3) is 4.79. The van der Waals surface area contributed by atoms with Gasteiger partial charge in [-0.05, 0) is 62.1 Å². The first-order valence-corrected chi connectivity index (χ1v) is 12.7. The summed E-state index contributed by atoms with van der Waals surface area (Å²) in [4.78, 5) is 16.9. The molecule has 8 nitrogen and oxygen atoms in total. The average molecular weight is 469 g/mol. The number of benzene rings is 2. The molecule has 0 unspecified atom stereocenters. The van der Waals surface area contributed by atoms with Crippen molar-refractivity contribution in [2.75, 3.05) is 41.7 Å². The van der Waals surface area contributed by atoms with Crippen molar-refractivity contribution < 1.29 is 0 Å². The second-order valence-corrected chi connectivity index (χ2v) is 9.43. The van der Waals surface area contributed by atoms with E-state index in [0.29, 0.717) is 18.5 Å². The summed E-state index contributed by atoms with van der Waals surface area (Å²) in [6, 6.07) is 19.3. The number of fused-ring (bicyclic) bond motifs is 1. The Kier molecular flexibility index (Phi) is 6.19. The van der Waals surface area contributed by atoms with E-state index in [-0.39, 0.29) is 0 Å². The Morgan fingerprint density at radius 1 is 0.943 bits per heavy atom. The quantitative estimate of drug-likeness (QED) is 0.362. The van der Waals surface area contributed by atoms with Crippen LogP contribution in [0.3, 0.4) is 0 Å². The highest BCUT2D eigenvalue weighted by atomic mass is 15.2. The number of rotatable bonds is 7. The predicted molar refractivity (Wildman–Crippen MR) is 141 cm³/mol. The van der Waals surface area contributed by atoms with Gasteiger partial charge in [-0.25, -0.2) is 4.98 Å². The lowest BCUT2D eigenvalue weighted by Crippen LogP contribution is -2.29. The van der Waals surface area contributed by atoms with Gasteiger partial charge in [0.05, 0.1) is 12.4 Å². The van der Waals surface area contributed by atoms with Gasteiger partial charge >= 0.3 is 0 Å². The summed E-state index contributed by atoms with van der Waals surface area (Å²) >= 11 is 0. The zero-order chi connectivity index (χ0) is 23.5. The number of hydrogen-bond donors (Lipinski definition) is 3. The van der Waals surface area contributed by atoms with Gasteiger partial charge in [-0.2, -0.15) is 9.97 Å². The van der Waals surface area contributed by atoms with Crippen LogP contribution in [-0.4, -0.2) is 45.7 Å². The molecule has 0 aliphatic carbocycles. The van der Waals surface area contributed by atoms with Crippen LogP contribution in [0.25, 0.3) is 11.2 Å². The molecule has 4 heterocycles. The smallest absolute Gasteiger partial charge is 0.231 e. The van der Waals surface area contributed by atoms with Crippen molar-refractivity contribution in [3.63, 3.8) is 0 Å². The average Bonchev–Trinajstić information content (AvgIpc) is 3.59. The minimum absolute atomic E-state index is 0.355. The molecule has 0 radical (unpaired) electrons. The van der Waals surface area contributed by atoms with Crippen molar-refractivity contribution in [3.8, 4) is 0 Å². The van der Waals surface area contributed by atoms with Gasteiger partial charge in [0.1, 0.15) is 0 Å². The number of hydrogen-bond acceptors (Lipinski definition) is 7. The van der Waals surface area contributed by atoms with Crippen molar-refractivity contribution in [1.29, 1.82) is 0 Å². The lowest BCUT2D eigenvalue weighted by atomic mass is 10.1. The van der Waals surface area contributed by atoms with E-state index in [1.165, 1.54) is 30.5 Å². The minimum Gasteiger partial charge on any atom is -0.372 e. The molecule has 35 heavy (non-hydrogen) atoms. The Morgan fingerprint density at radius 2 is 1.77 bits per heavy atom. The number of imidazole rings is 1. The zero-order valence-corrected chi connectivity index (χ0v) is 20.0. The molecular formula is C27H32N8. The van der Waals surface area contributed by atoms with Crippen LogP contribution in [0, 0.1) is 0 Å². The lowest BCUT2D eigenvalue weighted by Gasteiger charge is -2.28. The van der Waals surface area contributed by atoms with Crippen molar-refractivity contribution in [2.45, 2.75) is 38.3 Å². The molecule has 0 bridgehead atoms. The van der Waals surface area contributed by atoms with E-state index in [1.807, 2.05) is 12.4 Å². The SMILES string of the molecule is c1ccc(CNc2nc(Nc3ccc(N4CCCCC4)cc3)nc3c2ncn3[C@@H]2CCNC2)cc1. The summed E-state index contributed by atoms with van der Waals surface area (Å²) in [6.45, 7) is 4.91. The molecule has 180 valence electrons. The fraction of sp³-hybridized carbons (Fsp3) is 0.370. The maximum Gasteiger partial charge on any atom is 0.231 e. The summed E-state index contributed by atoms with van der Waals surface area (Å²) in [5.41, 5.74) is 5.12. The number of nitrogens with zero attached hydrogens (tertiary/aromatic N) is 5. The molecule has 0 saturated carbocycles. The second kappa shape index (κ2) is 9.92. The van der Waals surface area contributed by atoms with Gasteiger partial charge in [-0.3, -0.25) is 0 Å². The first kappa shape index (κ1) is 21.9. The zero-order valence-electron chi connectivity index (χ0n) is 20.0. The summed E-state index contributed by atoms with van der Waals surface area (Å²) in [5.74, 6) is 1.32. The molecule has 0 amide bonds. The summed E-state index contributed by atoms with van der Waals surface area (Å²) in [7, 11) is 0. The molecule has 4 aromatic rings. The van der Waals surface area contributed by atoms with E-state index in [9.17, 15) is 0 Å². The van der Waals surface area contributed by atoms with E-state index in [4.69, 9.17) is 15.0 Å². The molecule has 2 aromatic heterocycles. The standard InChI is InChI=1S/C27H32N8/c1-3-7-20(8-4-1)17-29-25-24-26(35(19-30-24)23-13-14-28-18-23)33-27(32-25)31-21-9-11-22(12-10-21)34-15-5-2-6-16-34/h1,3-4,7-12,19,23,28H,2,5-6,13-18H2,(H2,29,31,32,33)/t23-/m1/s1. The molecule has 2 fully saturated rings. The first-order chi connectivity index (χ1) is 17.3. The highest BCUT2D eigenvalue weighted by molar-refractivity contribution is 5.85. The second-order valence-electron chi connectivity index (χ2n) is 9.43. The maximum atomic E-state index is 4.90. The molecule has 3 N–H and O–H groups in total. The van der Waals surface area contributed by atoms with Crippen molar-refractivity contribution in [1.82, 2.24) is 24.8 Å². The van der Waals surface area contributed by atoms with Crippen LogP contribution in [-0.2, 0) is 6.54 Å². The van der Waals surface area contributed by atoms with Gasteiger partial charge in [0.25, 0.3) is 0 Å². The number of nitrogens with one attached hydrogen (secondary N) is 3. The molecule has 2 aromatic carbocycles. The number of anilines is 4. The van der Waals surface area contributed by atoms with Gasteiger partial charge in [0.15, 0.2) is 17.0 Å². The normalized spacial score (nSPS) is 18.2. The van der Waals surface area contributed by atoms with Crippen molar-refractivity contribution >= 4 is 34.3 Å². The molecule has 2 saturated heterocycles. The number of aromatic nitrogens is 4. The predicted octanol–water partition coefficient (Wildman–Crippen LogP) is 4.71. The van der Waals surface area contributed by atoms with Crippen LogP contribution < -0.4 is 20.9 Å². The van der Waals surface area contributed by atoms with Crippen LogP contribution in [0.4, 0.5) is 23.1 Å². The van der Waals surface area contributed by atoms with E-state index < -0.39 is 0 Å². The largest absolute Gasteiger partial charge is 0.372 e. The Bertz CT molecular complexity index is 1260. The molecular weight excluding hydrogens is 436 g/mol. The Morgan fingerprint density at radius 3 is 2.54 bits per heavy atom. The maximum absolute atomic E-state index is 4.90. The van der Waals surface area contributed by atoms with Crippen LogP contribution in [0.1, 0.15) is 37.3 Å². The minimum atomic E-state index is 0.355. The van der Waals surface area contributed by atoms with E-state index >= 15 is 0 Å². The van der Waals surface area contributed by atoms with Crippen molar-refractivity contribution in [3.05, 3.63) is 66.5 Å². The van der Waals surface area contributed by atoms with Crippen LogP contribution in [0.5, 0.6) is 0 Å². The van der Waals surface area contributed by atoms with Crippen molar-refractivity contribution in [2.24, 2.45) is 0 Å². The topological polar surface area (TPSA) is 82.9 Å². The van der Waals surface area contributed by atoms with E-state index in [2.05, 4.69) is 73.9 Å². The van der Waals surface area contributed by atoms with Gasteiger partial charge in [-0.15, -0.1) is 0 Å². The van der Waals surface area contributed by atoms with Gasteiger partial charge in [0, 0.05) is 37.6 Å². The van der Waals surface area contributed by atoms with Crippen LogP contribution in [0.2, 0.25) is 0 Å². The Hall–Kier alpha value is -3.65. The number of piperidine rings is 1. The molecule has 2 aliphatic heterocycles. The molecule has 0 spiro atoms. The van der Waals surface area contributed by atoms with Gasteiger partial charge < -0.3 is 25.4 Å². The fourth-order valence-corrected chi connectivity index (χ4v) is 5.06. The van der Waals surface area contributed by atoms with Gasteiger partial charge in [0.2, 0.25) is 5.95 Å². The molecule has 1 atom stereocenters. The first-order valence-electron chi connectivity index (χ1n) is 12.7. The Balaban J connectivity index is 1.29. The fourth-order valence-electron chi connectivity index (χ4n) is 5.06. The van der Waals surface area contributed by atoms with Gasteiger partial charge in [-0.1, -0.05) is 30.3 Å². The highest BCUT2D eigenvalue weighted by Gasteiger charge is 2.22. The molecule has 6 rings (SSSR count). The highest BCUT2D eigenvalue weighted by Crippen LogP contribution is 2.28. The van der Waals surface area contributed by atoms with Crippen LogP contribution >= 0.6 is 0 Å². The Labute approximate surface area is 205 Å². The third-order valence-electron chi connectivity index (χ3n) is 7.00. The summed E-state index contributed by atoms with van der Waals surface area (Å²) < 4.78 is 2.19. The summed E-state index contributed by atoms with van der Waals surface area (Å²) in [6.07, 6.45) is 6.86. The van der Waals surface area contributed by atoms with Crippen LogP contribution in [0.15, 0.2) is 60.9 Å². The molecule has 2 aliphatic rings. The van der Waals surface area contributed by atoms with E-state index in [0.717, 1.165) is 55.3 Å². The van der Waals surface area contributed by atoms with E-state index in [1.54, 1.807) is 0 Å². The summed E-state index contributed by atoms with van der Waals surface area (Å²) in [5, 5.41) is 10.4. The monoisotopic (exact) mass is 468 g/mol. The lowest BCUT2D eigenvalue weighted by molar-refractivity contribution is 0.558. The third-order valence-corrected chi connectivity index (χ3v) is 7.00.